The second-order valence-corrected chi connectivity index (χ2v) is 8.17. The van der Waals surface area contributed by atoms with E-state index >= 15 is 0 Å². The summed E-state index contributed by atoms with van der Waals surface area (Å²) in [4.78, 5) is 37.3. The van der Waals surface area contributed by atoms with Gasteiger partial charge >= 0.3 is 0 Å². The van der Waals surface area contributed by atoms with Crippen molar-refractivity contribution in [2.45, 2.75) is 17.0 Å². The van der Waals surface area contributed by atoms with E-state index in [1.807, 2.05) is 18.2 Å². The van der Waals surface area contributed by atoms with E-state index in [4.69, 9.17) is 0 Å². The molecule has 0 spiro atoms. The van der Waals surface area contributed by atoms with Crippen LogP contribution < -0.4 is 10.9 Å². The molecule has 168 valence electrons. The summed E-state index contributed by atoms with van der Waals surface area (Å²) < 4.78 is 4.70. The Morgan fingerprint density at radius 2 is 1.88 bits per heavy atom. The Kier molecular flexibility index (Phi) is 5.84. The zero-order valence-electron chi connectivity index (χ0n) is 17.9. The molecule has 0 aliphatic heterocycles. The Bertz CT molecular complexity index is 1420. The third-order valence-electron chi connectivity index (χ3n) is 5.08. The molecule has 1 amide bonds. The second kappa shape index (κ2) is 8.74. The fraction of sp³-hybridized carbons (Fsp3) is 0.143. The number of hydrogen-bond acceptors (Lipinski definition) is 7. The number of nitrogens with zero attached hydrogens (tertiary/aromatic N) is 6. The SMILES string of the molecule is Cc1c(NC(=O)c2ccc(Sc3nncn3C)c([N+](=O)[O-])c2)c(=O)n(-c2ccccc2)n1C. The average Bonchev–Trinajstić information content (AvgIpc) is 3.30. The van der Waals surface area contributed by atoms with Gasteiger partial charge in [-0.2, -0.15) is 0 Å². The third-order valence-corrected chi connectivity index (χ3v) is 6.20. The average molecular weight is 465 g/mol. The van der Waals surface area contributed by atoms with Crippen LogP contribution in [0.15, 0.2) is 69.7 Å². The van der Waals surface area contributed by atoms with E-state index in [0.29, 0.717) is 21.4 Å². The number of benzene rings is 2. The van der Waals surface area contributed by atoms with E-state index in [9.17, 15) is 19.7 Å². The second-order valence-electron chi connectivity index (χ2n) is 7.16. The molecule has 0 radical (unpaired) electrons. The topological polar surface area (TPSA) is 130 Å². The van der Waals surface area contributed by atoms with E-state index in [1.54, 1.807) is 42.4 Å². The zero-order chi connectivity index (χ0) is 23.7. The minimum Gasteiger partial charge on any atom is -0.316 e. The number of hydrogen-bond donors (Lipinski definition) is 1. The molecule has 0 unspecified atom stereocenters. The maximum atomic E-state index is 13.0. The molecule has 12 heteroatoms. The molecule has 1 N–H and O–H groups in total. The van der Waals surface area contributed by atoms with Gasteiger partial charge in [0.1, 0.15) is 12.0 Å². The molecule has 0 fully saturated rings. The number of rotatable bonds is 6. The van der Waals surface area contributed by atoms with Crippen molar-refractivity contribution in [2.24, 2.45) is 14.1 Å². The molecule has 0 aliphatic rings. The highest BCUT2D eigenvalue weighted by Gasteiger charge is 2.22. The largest absolute Gasteiger partial charge is 0.316 e. The first-order valence-electron chi connectivity index (χ1n) is 9.73. The van der Waals surface area contributed by atoms with Gasteiger partial charge in [-0.15, -0.1) is 10.2 Å². The molecule has 0 aliphatic carbocycles. The lowest BCUT2D eigenvalue weighted by Crippen LogP contribution is -2.23. The van der Waals surface area contributed by atoms with Crippen molar-refractivity contribution in [3.63, 3.8) is 0 Å². The molecule has 33 heavy (non-hydrogen) atoms. The van der Waals surface area contributed by atoms with Crippen molar-refractivity contribution in [3.8, 4) is 5.69 Å². The molecule has 2 heterocycles. The molecule has 0 saturated carbocycles. The highest BCUT2D eigenvalue weighted by atomic mass is 32.2. The maximum absolute atomic E-state index is 13.0. The molecule has 2 aromatic carbocycles. The van der Waals surface area contributed by atoms with Gasteiger partial charge in [-0.25, -0.2) is 4.68 Å². The predicted octanol–water partition coefficient (Wildman–Crippen LogP) is 2.92. The Morgan fingerprint density at radius 3 is 2.52 bits per heavy atom. The lowest BCUT2D eigenvalue weighted by atomic mass is 10.2. The van der Waals surface area contributed by atoms with E-state index in [2.05, 4.69) is 15.5 Å². The highest BCUT2D eigenvalue weighted by molar-refractivity contribution is 7.99. The number of nitro groups is 1. The molecule has 0 atom stereocenters. The number of anilines is 1. The van der Waals surface area contributed by atoms with E-state index < -0.39 is 16.4 Å². The lowest BCUT2D eigenvalue weighted by Gasteiger charge is -2.07. The standard InChI is InChI=1S/C21H19N7O4S/c1-13-18(20(30)27(26(13)3)15-7-5-4-6-8-15)23-19(29)14-9-10-17(16(11-14)28(31)32)33-21-24-22-12-25(21)2/h4-12H,1-3H3,(H,23,29). The van der Waals surface area contributed by atoms with E-state index in [0.717, 1.165) is 11.8 Å². The third kappa shape index (κ3) is 4.15. The van der Waals surface area contributed by atoms with Crippen molar-refractivity contribution in [3.05, 3.63) is 86.6 Å². The molecular weight excluding hydrogens is 446 g/mol. The summed E-state index contributed by atoms with van der Waals surface area (Å²) in [7, 11) is 3.43. The van der Waals surface area contributed by atoms with Crippen LogP contribution in [0.3, 0.4) is 0 Å². The van der Waals surface area contributed by atoms with Gasteiger partial charge in [0.15, 0.2) is 5.16 Å². The summed E-state index contributed by atoms with van der Waals surface area (Å²) >= 11 is 1.07. The van der Waals surface area contributed by atoms with Crippen molar-refractivity contribution in [1.29, 1.82) is 0 Å². The summed E-state index contributed by atoms with van der Waals surface area (Å²) in [6, 6.07) is 13.1. The van der Waals surface area contributed by atoms with Gasteiger partial charge in [0.05, 0.1) is 21.2 Å². The van der Waals surface area contributed by atoms with Crippen LogP contribution in [0, 0.1) is 17.0 Å². The number of aryl methyl sites for hydroxylation is 1. The van der Waals surface area contributed by atoms with Gasteiger partial charge in [-0.1, -0.05) is 18.2 Å². The monoisotopic (exact) mass is 465 g/mol. The van der Waals surface area contributed by atoms with Gasteiger partial charge in [0, 0.05) is 25.7 Å². The van der Waals surface area contributed by atoms with Crippen molar-refractivity contribution in [2.75, 3.05) is 5.32 Å². The molecule has 4 rings (SSSR count). The normalized spacial score (nSPS) is 10.9. The number of para-hydroxylation sites is 1. The van der Waals surface area contributed by atoms with Crippen molar-refractivity contribution in [1.82, 2.24) is 24.1 Å². The van der Waals surface area contributed by atoms with Crippen LogP contribution >= 0.6 is 11.8 Å². The maximum Gasteiger partial charge on any atom is 0.295 e. The smallest absolute Gasteiger partial charge is 0.295 e. The number of nitrogens with one attached hydrogen (secondary N) is 1. The lowest BCUT2D eigenvalue weighted by molar-refractivity contribution is -0.387. The van der Waals surface area contributed by atoms with Gasteiger partial charge in [0.25, 0.3) is 17.2 Å². The zero-order valence-corrected chi connectivity index (χ0v) is 18.7. The molecule has 0 bridgehead atoms. The summed E-state index contributed by atoms with van der Waals surface area (Å²) in [5.74, 6) is -0.626. The molecule has 11 nitrogen and oxygen atoms in total. The summed E-state index contributed by atoms with van der Waals surface area (Å²) in [6.45, 7) is 1.71. The van der Waals surface area contributed by atoms with E-state index in [-0.39, 0.29) is 16.9 Å². The first kappa shape index (κ1) is 22.0. The Labute approximate surface area is 191 Å². The number of carbonyl (C=O) groups excluding carboxylic acids is 1. The van der Waals surface area contributed by atoms with Gasteiger partial charge in [-0.3, -0.25) is 24.4 Å². The first-order valence-corrected chi connectivity index (χ1v) is 10.5. The van der Waals surface area contributed by atoms with Gasteiger partial charge < -0.3 is 9.88 Å². The summed E-state index contributed by atoms with van der Waals surface area (Å²) in [5, 5.41) is 22.4. The molecule has 2 aromatic heterocycles. The van der Waals surface area contributed by atoms with Crippen LogP contribution in [0.5, 0.6) is 0 Å². The van der Waals surface area contributed by atoms with Crippen LogP contribution in [0.25, 0.3) is 5.69 Å². The van der Waals surface area contributed by atoms with Crippen LogP contribution in [0.1, 0.15) is 16.1 Å². The predicted molar refractivity (Wildman–Crippen MR) is 122 cm³/mol. The molecule has 4 aromatic rings. The number of carbonyl (C=O) groups is 1. The fourth-order valence-electron chi connectivity index (χ4n) is 3.25. The Morgan fingerprint density at radius 1 is 1.15 bits per heavy atom. The Balaban J connectivity index is 1.66. The van der Waals surface area contributed by atoms with Crippen LogP contribution in [-0.2, 0) is 14.1 Å². The minimum atomic E-state index is -0.626. The van der Waals surface area contributed by atoms with Crippen LogP contribution in [0.4, 0.5) is 11.4 Å². The summed E-state index contributed by atoms with van der Waals surface area (Å²) in [5.41, 5.74) is 0.695. The highest BCUT2D eigenvalue weighted by Crippen LogP contribution is 2.34. The minimum absolute atomic E-state index is 0.0536. The quantitative estimate of drug-likeness (QED) is 0.342. The molecule has 0 saturated heterocycles. The van der Waals surface area contributed by atoms with Gasteiger partial charge in [0.2, 0.25) is 0 Å². The van der Waals surface area contributed by atoms with Crippen LogP contribution in [0.2, 0.25) is 0 Å². The van der Waals surface area contributed by atoms with Gasteiger partial charge in [-0.05, 0) is 43.0 Å². The van der Waals surface area contributed by atoms with Crippen LogP contribution in [-0.4, -0.2) is 35.0 Å². The summed E-state index contributed by atoms with van der Waals surface area (Å²) in [6.07, 6.45) is 1.49. The van der Waals surface area contributed by atoms with Crippen molar-refractivity contribution >= 4 is 29.0 Å². The number of amides is 1. The number of nitro benzene ring substituents is 1. The number of aromatic nitrogens is 5. The first-order chi connectivity index (χ1) is 15.8. The van der Waals surface area contributed by atoms with E-state index in [1.165, 1.54) is 29.2 Å². The Hall–Kier alpha value is -4.19. The fourth-order valence-corrected chi connectivity index (χ4v) is 4.10. The molecular formula is C21H19N7O4S. The van der Waals surface area contributed by atoms with Crippen molar-refractivity contribution < 1.29 is 9.72 Å².